The number of methoxy groups -OCH3 is 1. The largest absolute Gasteiger partial charge is 0.497 e. The number of ether oxygens (including phenoxy) is 2. The Bertz CT molecular complexity index is 1780. The van der Waals surface area contributed by atoms with Gasteiger partial charge < -0.3 is 24.3 Å². The number of hydrogen-bond donors (Lipinski definition) is 1. The number of nitrogens with zero attached hydrogens (tertiary/aromatic N) is 2. The van der Waals surface area contributed by atoms with Gasteiger partial charge >= 0.3 is 6.61 Å². The Kier molecular flexibility index (Phi) is 9.42. The van der Waals surface area contributed by atoms with Crippen LogP contribution in [-0.2, 0) is 14.6 Å². The second-order valence-electron chi connectivity index (χ2n) is 11.2. The molecule has 5 rings (SSSR count). The van der Waals surface area contributed by atoms with E-state index in [9.17, 15) is 31.6 Å². The first-order valence-electron chi connectivity index (χ1n) is 14.4. The maximum absolute atomic E-state index is 15.4. The van der Waals surface area contributed by atoms with Gasteiger partial charge in [-0.15, -0.1) is 0 Å². The molecule has 2 aliphatic rings. The predicted molar refractivity (Wildman–Crippen MR) is 159 cm³/mol. The van der Waals surface area contributed by atoms with E-state index in [1.54, 1.807) is 19.2 Å². The van der Waals surface area contributed by atoms with Crippen molar-refractivity contribution in [1.82, 2.24) is 9.88 Å². The van der Waals surface area contributed by atoms with Crippen molar-refractivity contribution in [3.63, 3.8) is 0 Å². The first kappa shape index (κ1) is 33.0. The maximum atomic E-state index is 15.4. The van der Waals surface area contributed by atoms with Crippen molar-refractivity contribution in [2.45, 2.75) is 38.3 Å². The minimum Gasteiger partial charge on any atom is -0.497 e. The zero-order valence-corrected chi connectivity index (χ0v) is 25.7. The minimum absolute atomic E-state index is 0.0105. The topological polar surface area (TPSA) is 124 Å². The van der Waals surface area contributed by atoms with Crippen LogP contribution >= 0.6 is 0 Å². The molecule has 2 aliphatic heterocycles. The van der Waals surface area contributed by atoms with E-state index in [4.69, 9.17) is 4.74 Å². The zero-order chi connectivity index (χ0) is 33.3. The molecule has 1 N–H and O–H groups in total. The number of hydrogen-bond acceptors (Lipinski definition) is 7. The number of amides is 2. The number of anilines is 1. The molecule has 2 fully saturated rings. The highest BCUT2D eigenvalue weighted by Crippen LogP contribution is 2.40. The van der Waals surface area contributed by atoms with Crippen LogP contribution in [0.25, 0.3) is 0 Å². The fourth-order valence-corrected chi connectivity index (χ4v) is 7.50. The number of aryl methyl sites for hydroxylation is 1. The molecular weight excluding hydrogens is 634 g/mol. The number of benzene rings is 2. The maximum Gasteiger partial charge on any atom is 0.387 e. The summed E-state index contributed by atoms with van der Waals surface area (Å²) >= 11 is 0. The fourth-order valence-electron chi connectivity index (χ4n) is 6.04. The molecule has 3 aromatic rings. The molecule has 15 heteroatoms. The molecule has 2 amide bonds. The van der Waals surface area contributed by atoms with Gasteiger partial charge in [0.15, 0.2) is 0 Å². The van der Waals surface area contributed by atoms with Crippen molar-refractivity contribution in [1.29, 1.82) is 0 Å². The van der Waals surface area contributed by atoms with E-state index < -0.39 is 68.9 Å². The standard InChI is InChI=1S/C31H31F4N3O7S/c1-17-7-10-37(19-8-11-46(42,43)12-9-19)30(41)27(17)38-16-23(26-24(32)13-21(44-2)14-25(26)33)22(29(38)40)15-36-28(39)18-3-5-20(6-4-18)45-31(34)35/h3-7,10,13-14,19,22-23,31H,8-9,11-12,15-16H2,1-2H3,(H,36,39)/t22?,23-/m1/s1. The summed E-state index contributed by atoms with van der Waals surface area (Å²) in [6.07, 6.45) is 1.97. The van der Waals surface area contributed by atoms with Gasteiger partial charge in [-0.05, 0) is 55.7 Å². The van der Waals surface area contributed by atoms with Gasteiger partial charge in [-0.1, -0.05) is 0 Å². The van der Waals surface area contributed by atoms with Gasteiger partial charge in [-0.25, -0.2) is 17.2 Å². The number of alkyl halides is 2. The van der Waals surface area contributed by atoms with E-state index in [-0.39, 0.29) is 60.2 Å². The van der Waals surface area contributed by atoms with E-state index in [0.717, 1.165) is 17.0 Å². The third kappa shape index (κ3) is 6.73. The van der Waals surface area contributed by atoms with E-state index in [2.05, 4.69) is 10.1 Å². The molecule has 246 valence electrons. The highest BCUT2D eigenvalue weighted by molar-refractivity contribution is 7.91. The van der Waals surface area contributed by atoms with Gasteiger partial charge in [0.05, 0.1) is 24.5 Å². The molecule has 10 nitrogen and oxygen atoms in total. The summed E-state index contributed by atoms with van der Waals surface area (Å²) in [5, 5.41) is 2.58. The van der Waals surface area contributed by atoms with Crippen LogP contribution in [0.5, 0.6) is 11.5 Å². The lowest BCUT2D eigenvalue weighted by Gasteiger charge is -2.26. The van der Waals surface area contributed by atoms with Crippen molar-refractivity contribution in [2.24, 2.45) is 5.92 Å². The van der Waals surface area contributed by atoms with Crippen LogP contribution in [0.2, 0.25) is 0 Å². The first-order chi connectivity index (χ1) is 21.8. The minimum atomic E-state index is -3.21. The highest BCUT2D eigenvalue weighted by atomic mass is 32.2. The van der Waals surface area contributed by atoms with Crippen molar-refractivity contribution < 1.29 is 45.0 Å². The molecule has 2 aromatic carbocycles. The number of rotatable bonds is 9. The summed E-state index contributed by atoms with van der Waals surface area (Å²) in [7, 11) is -1.97. The summed E-state index contributed by atoms with van der Waals surface area (Å²) in [6.45, 7) is -2.11. The van der Waals surface area contributed by atoms with Gasteiger partial charge in [0.1, 0.15) is 38.7 Å². The lowest BCUT2D eigenvalue weighted by atomic mass is 9.87. The summed E-state index contributed by atoms with van der Waals surface area (Å²) < 4.78 is 90.3. The van der Waals surface area contributed by atoms with Crippen molar-refractivity contribution in [3.8, 4) is 11.5 Å². The molecule has 0 aliphatic carbocycles. The quantitative estimate of drug-likeness (QED) is 0.343. The van der Waals surface area contributed by atoms with Crippen molar-refractivity contribution in [3.05, 3.63) is 87.3 Å². The van der Waals surface area contributed by atoms with E-state index in [1.165, 1.54) is 35.9 Å². The fraction of sp³-hybridized carbons (Fsp3) is 0.387. The molecule has 1 unspecified atom stereocenters. The first-order valence-corrected chi connectivity index (χ1v) is 16.2. The third-order valence-electron chi connectivity index (χ3n) is 8.41. The molecular formula is C31H31F4N3O7S. The van der Waals surface area contributed by atoms with Crippen LogP contribution in [0.1, 0.15) is 46.3 Å². The average Bonchev–Trinajstić information content (AvgIpc) is 3.30. The van der Waals surface area contributed by atoms with Crippen LogP contribution in [0.4, 0.5) is 23.2 Å². The molecule has 3 heterocycles. The molecule has 2 saturated heterocycles. The molecule has 0 radical (unpaired) electrons. The number of pyridine rings is 1. The SMILES string of the molecule is COc1cc(F)c([C@@H]2CN(c3c(C)ccn(C4CCS(=O)(=O)CC4)c3=O)C(=O)C2CNC(=O)c2ccc(OC(F)F)cc2)c(F)c1. The summed E-state index contributed by atoms with van der Waals surface area (Å²) in [4.78, 5) is 41.9. The molecule has 0 spiro atoms. The normalized spacial score (nSPS) is 19.8. The highest BCUT2D eigenvalue weighted by Gasteiger charge is 2.45. The zero-order valence-electron chi connectivity index (χ0n) is 24.8. The van der Waals surface area contributed by atoms with E-state index in [1.807, 2.05) is 0 Å². The van der Waals surface area contributed by atoms with Crippen LogP contribution < -0.4 is 25.2 Å². The lowest BCUT2D eigenvalue weighted by Crippen LogP contribution is -2.39. The van der Waals surface area contributed by atoms with Gasteiger partial charge in [0, 0.05) is 54.5 Å². The Labute approximate surface area is 261 Å². The van der Waals surface area contributed by atoms with E-state index >= 15 is 8.78 Å². The Hall–Kier alpha value is -4.40. The smallest absolute Gasteiger partial charge is 0.387 e. The number of nitrogens with one attached hydrogen (secondary N) is 1. The summed E-state index contributed by atoms with van der Waals surface area (Å²) in [6, 6.07) is 7.95. The molecule has 1 aromatic heterocycles. The van der Waals surface area contributed by atoms with Gasteiger partial charge in [0.2, 0.25) is 5.91 Å². The van der Waals surface area contributed by atoms with Crippen LogP contribution in [0.15, 0.2) is 53.5 Å². The van der Waals surface area contributed by atoms with Gasteiger partial charge in [-0.3, -0.25) is 14.4 Å². The monoisotopic (exact) mass is 665 g/mol. The van der Waals surface area contributed by atoms with Crippen LogP contribution in [0, 0.1) is 24.5 Å². The second kappa shape index (κ2) is 13.1. The number of aromatic nitrogens is 1. The Morgan fingerprint density at radius 1 is 1.02 bits per heavy atom. The molecule has 2 atom stereocenters. The molecule has 46 heavy (non-hydrogen) atoms. The summed E-state index contributed by atoms with van der Waals surface area (Å²) in [5.74, 6) is -6.09. The Morgan fingerprint density at radius 2 is 1.65 bits per heavy atom. The van der Waals surface area contributed by atoms with Crippen LogP contribution in [0.3, 0.4) is 0 Å². The predicted octanol–water partition coefficient (Wildman–Crippen LogP) is 3.97. The number of carbonyl (C=O) groups excluding carboxylic acids is 2. The summed E-state index contributed by atoms with van der Waals surface area (Å²) in [5.41, 5.74) is -0.510. The van der Waals surface area contributed by atoms with Gasteiger partial charge in [0.25, 0.3) is 11.5 Å². The van der Waals surface area contributed by atoms with E-state index in [0.29, 0.717) is 5.56 Å². The van der Waals surface area contributed by atoms with Crippen molar-refractivity contribution >= 4 is 27.3 Å². The number of sulfone groups is 1. The second-order valence-corrected chi connectivity index (χ2v) is 13.5. The lowest BCUT2D eigenvalue weighted by molar-refractivity contribution is -0.120. The molecule has 0 saturated carbocycles. The van der Waals surface area contributed by atoms with Crippen molar-refractivity contribution in [2.75, 3.05) is 36.6 Å². The Morgan fingerprint density at radius 3 is 2.24 bits per heavy atom. The molecule has 0 bridgehead atoms. The average molecular weight is 666 g/mol. The van der Waals surface area contributed by atoms with Gasteiger partial charge in [-0.2, -0.15) is 8.78 Å². The number of halogens is 4. The third-order valence-corrected chi connectivity index (χ3v) is 10.1. The Balaban J connectivity index is 1.47. The van der Waals surface area contributed by atoms with Crippen LogP contribution in [-0.4, -0.2) is 63.1 Å². The number of carbonyl (C=O) groups is 2.